The van der Waals surface area contributed by atoms with E-state index in [2.05, 4.69) is 61.7 Å². The Labute approximate surface area is 320 Å². The lowest BCUT2D eigenvalue weighted by Gasteiger charge is -2.14. The molecule has 0 radical (unpaired) electrons. The third kappa shape index (κ3) is 40.1. The Morgan fingerprint density at radius 3 is 1.38 bits per heavy atom. The lowest BCUT2D eigenvalue weighted by atomic mass is 10.0. The van der Waals surface area contributed by atoms with Crippen LogP contribution in [0.25, 0.3) is 0 Å². The van der Waals surface area contributed by atoms with Gasteiger partial charge in [0.2, 0.25) is 5.91 Å². The molecule has 0 aliphatic carbocycles. The molecule has 300 valence electrons. The first-order chi connectivity index (χ1) is 25.5. The molecule has 0 spiro atoms. The minimum atomic E-state index is -1.04. The van der Waals surface area contributed by atoms with Crippen LogP contribution in [0.2, 0.25) is 0 Å². The molecule has 0 aromatic heterocycles. The van der Waals surface area contributed by atoms with Gasteiger partial charge in [0.05, 0.1) is 0 Å². The molecule has 0 saturated heterocycles. The Kier molecular flexibility index (Phi) is 39.1. The maximum Gasteiger partial charge on any atom is 0.322 e. The first-order valence-electron chi connectivity index (χ1n) is 21.8. The molecule has 0 heterocycles. The number of amides is 1. The summed E-state index contributed by atoms with van der Waals surface area (Å²) in [5, 5.41) is 11.1. The highest BCUT2D eigenvalue weighted by molar-refractivity contribution is 5.80. The van der Waals surface area contributed by atoms with Crippen molar-refractivity contribution in [2.24, 2.45) is 0 Å². The van der Waals surface area contributed by atoms with Gasteiger partial charge in [0, 0.05) is 12.8 Å². The molecule has 0 bridgehead atoms. The summed E-state index contributed by atoms with van der Waals surface area (Å²) in [5.41, 5.74) is 0. The molecule has 2 N–H and O–H groups in total. The average Bonchev–Trinajstić information content (AvgIpc) is 3.13. The number of hydrogen-bond acceptors (Lipinski definition) is 4. The summed E-state index contributed by atoms with van der Waals surface area (Å²) in [4.78, 5) is 35.1. The van der Waals surface area contributed by atoms with Gasteiger partial charge in [-0.05, 0) is 57.4 Å². The quantitative estimate of drug-likeness (QED) is 0.0373. The van der Waals surface area contributed by atoms with E-state index in [1.807, 2.05) is 6.08 Å². The molecule has 0 aromatic rings. The predicted octanol–water partition coefficient (Wildman–Crippen LogP) is 13.5. The van der Waals surface area contributed by atoms with Gasteiger partial charge in [-0.3, -0.25) is 14.4 Å². The summed E-state index contributed by atoms with van der Waals surface area (Å²) in [6, 6.07) is 0. The number of nitrogens with one attached hydrogen (secondary N) is 1. The fourth-order valence-electron chi connectivity index (χ4n) is 6.31. The molecular weight excluding hydrogens is 647 g/mol. The topological polar surface area (TPSA) is 92.7 Å². The van der Waals surface area contributed by atoms with Crippen LogP contribution in [0.1, 0.15) is 213 Å². The van der Waals surface area contributed by atoms with Crippen molar-refractivity contribution in [2.45, 2.75) is 219 Å². The number of carboxylic acid groups (broad SMARTS) is 1. The van der Waals surface area contributed by atoms with Crippen molar-refractivity contribution >= 4 is 17.8 Å². The minimum Gasteiger partial charge on any atom is -0.480 e. The van der Waals surface area contributed by atoms with Gasteiger partial charge in [0.15, 0.2) is 0 Å². The van der Waals surface area contributed by atoms with Gasteiger partial charge >= 0.3 is 11.9 Å². The van der Waals surface area contributed by atoms with Crippen LogP contribution < -0.4 is 5.32 Å². The highest BCUT2D eigenvalue weighted by Crippen LogP contribution is 2.16. The maximum atomic E-state index is 12.7. The predicted molar refractivity (Wildman–Crippen MR) is 222 cm³/mol. The van der Waals surface area contributed by atoms with E-state index in [9.17, 15) is 14.4 Å². The number of hydrogen-bond donors (Lipinski definition) is 2. The second-order valence-corrected chi connectivity index (χ2v) is 14.6. The van der Waals surface area contributed by atoms with Crippen LogP contribution in [0.15, 0.2) is 48.6 Å². The molecule has 6 heteroatoms. The summed E-state index contributed by atoms with van der Waals surface area (Å²) in [6.45, 7) is 4.08. The summed E-state index contributed by atoms with van der Waals surface area (Å²) < 4.78 is 5.87. The van der Waals surface area contributed by atoms with Crippen molar-refractivity contribution in [3.8, 4) is 0 Å². The fraction of sp³-hybridized carbons (Fsp3) is 0.761. The smallest absolute Gasteiger partial charge is 0.322 e. The lowest BCUT2D eigenvalue weighted by Crippen LogP contribution is -2.28. The number of unbranched alkanes of at least 4 members (excludes halogenated alkanes) is 22. The van der Waals surface area contributed by atoms with Gasteiger partial charge in [-0.1, -0.05) is 191 Å². The zero-order chi connectivity index (χ0) is 38.0. The maximum absolute atomic E-state index is 12.7. The Balaban J connectivity index is 4.08. The molecule has 0 rings (SSSR count). The number of esters is 1. The molecule has 0 aliphatic rings. The zero-order valence-corrected chi connectivity index (χ0v) is 33.9. The summed E-state index contributed by atoms with van der Waals surface area (Å²) in [5.74, 6) is -1.41. The van der Waals surface area contributed by atoms with Crippen LogP contribution in [0.3, 0.4) is 0 Å². The SMILES string of the molecule is CC/C=C\C/C=C\C/C=C\C/C=C\C(CCCCCC(=O)NCC(=O)O)OC(=O)CCCCCCCCCCCCCCCCCCCCCCC. The number of rotatable bonds is 39. The second-order valence-electron chi connectivity index (χ2n) is 14.6. The monoisotopic (exact) mass is 728 g/mol. The first-order valence-corrected chi connectivity index (χ1v) is 21.8. The molecular formula is C46H81NO5. The van der Waals surface area contributed by atoms with E-state index in [0.29, 0.717) is 19.3 Å². The summed E-state index contributed by atoms with van der Waals surface area (Å²) >= 11 is 0. The molecule has 0 fully saturated rings. The van der Waals surface area contributed by atoms with Crippen molar-refractivity contribution in [2.75, 3.05) is 6.54 Å². The number of carbonyl (C=O) groups excluding carboxylic acids is 2. The lowest BCUT2D eigenvalue weighted by molar-refractivity contribution is -0.147. The molecule has 0 saturated carbocycles. The minimum absolute atomic E-state index is 0.127. The summed E-state index contributed by atoms with van der Waals surface area (Å²) in [7, 11) is 0. The number of carbonyl (C=O) groups is 3. The van der Waals surface area contributed by atoms with E-state index in [4.69, 9.17) is 9.84 Å². The number of allylic oxidation sites excluding steroid dienone is 7. The van der Waals surface area contributed by atoms with E-state index in [-0.39, 0.29) is 24.5 Å². The Hall–Kier alpha value is -2.63. The Morgan fingerprint density at radius 2 is 0.923 bits per heavy atom. The molecule has 6 nitrogen and oxygen atoms in total. The van der Waals surface area contributed by atoms with E-state index < -0.39 is 5.97 Å². The van der Waals surface area contributed by atoms with Crippen LogP contribution in [0.5, 0.6) is 0 Å². The zero-order valence-electron chi connectivity index (χ0n) is 33.9. The van der Waals surface area contributed by atoms with E-state index in [1.165, 1.54) is 122 Å². The van der Waals surface area contributed by atoms with Crippen molar-refractivity contribution in [1.82, 2.24) is 5.32 Å². The third-order valence-electron chi connectivity index (χ3n) is 9.50. The molecule has 0 aromatic carbocycles. The number of aliphatic carboxylic acids is 1. The van der Waals surface area contributed by atoms with Gasteiger partial charge in [-0.2, -0.15) is 0 Å². The molecule has 52 heavy (non-hydrogen) atoms. The normalized spacial score (nSPS) is 12.5. The van der Waals surface area contributed by atoms with Gasteiger partial charge in [-0.15, -0.1) is 0 Å². The third-order valence-corrected chi connectivity index (χ3v) is 9.50. The molecule has 0 aliphatic heterocycles. The highest BCUT2D eigenvalue weighted by Gasteiger charge is 2.12. The van der Waals surface area contributed by atoms with Crippen molar-refractivity contribution in [3.63, 3.8) is 0 Å². The van der Waals surface area contributed by atoms with Crippen LogP contribution >= 0.6 is 0 Å². The van der Waals surface area contributed by atoms with Gasteiger partial charge < -0.3 is 15.2 Å². The molecule has 1 atom stereocenters. The standard InChI is InChI=1S/C46H81NO5/c1-3-5-7-9-11-13-15-16-17-18-19-20-21-22-23-24-26-28-30-32-37-41-46(51)52-43(39-35-33-36-40-44(48)47-42-45(49)50)38-34-31-29-27-25-14-12-10-8-6-4-2/h6,8,12,14,27,29,34,38,43H,3-5,7,9-11,13,15-26,28,30-33,35-37,39-42H2,1-2H3,(H,47,48)(H,49,50)/b8-6-,14-12-,29-27-,38-34-. The molecule has 1 amide bonds. The van der Waals surface area contributed by atoms with E-state index in [0.717, 1.165) is 57.8 Å². The fourth-order valence-corrected chi connectivity index (χ4v) is 6.31. The van der Waals surface area contributed by atoms with Gasteiger partial charge in [0.25, 0.3) is 0 Å². The summed E-state index contributed by atoms with van der Waals surface area (Å²) in [6.07, 6.45) is 52.6. The van der Waals surface area contributed by atoms with Crippen LogP contribution in [0.4, 0.5) is 0 Å². The average molecular weight is 728 g/mol. The second kappa shape index (κ2) is 41.1. The van der Waals surface area contributed by atoms with Crippen LogP contribution in [0, 0.1) is 0 Å². The molecule has 1 unspecified atom stereocenters. The van der Waals surface area contributed by atoms with Crippen LogP contribution in [-0.2, 0) is 19.1 Å². The Bertz CT molecular complexity index is 937. The van der Waals surface area contributed by atoms with Crippen molar-refractivity contribution in [1.29, 1.82) is 0 Å². The van der Waals surface area contributed by atoms with E-state index in [1.54, 1.807) is 0 Å². The van der Waals surface area contributed by atoms with Crippen LogP contribution in [-0.4, -0.2) is 35.6 Å². The largest absolute Gasteiger partial charge is 0.480 e. The van der Waals surface area contributed by atoms with Crippen molar-refractivity contribution in [3.05, 3.63) is 48.6 Å². The number of ether oxygens (including phenoxy) is 1. The van der Waals surface area contributed by atoms with Gasteiger partial charge in [-0.25, -0.2) is 0 Å². The van der Waals surface area contributed by atoms with Gasteiger partial charge in [0.1, 0.15) is 12.6 Å². The number of carboxylic acids is 1. The first kappa shape index (κ1) is 49.4. The van der Waals surface area contributed by atoms with E-state index >= 15 is 0 Å². The highest BCUT2D eigenvalue weighted by atomic mass is 16.5. The van der Waals surface area contributed by atoms with Crippen molar-refractivity contribution < 1.29 is 24.2 Å². The Morgan fingerprint density at radius 1 is 0.519 bits per heavy atom.